The number of amides is 2. The zero-order valence-electron chi connectivity index (χ0n) is 15.7. The largest absolute Gasteiger partial charge is 0.353 e. The minimum Gasteiger partial charge on any atom is -0.353 e. The highest BCUT2D eigenvalue weighted by atomic mass is 16.2. The van der Waals surface area contributed by atoms with Gasteiger partial charge in [0.2, 0.25) is 11.8 Å². The van der Waals surface area contributed by atoms with E-state index in [2.05, 4.69) is 19.2 Å². The normalized spacial score (nSPS) is 20.4. The molecule has 24 heavy (non-hydrogen) atoms. The summed E-state index contributed by atoms with van der Waals surface area (Å²) < 4.78 is 0. The fourth-order valence-electron chi connectivity index (χ4n) is 4.21. The molecule has 0 aromatic rings. The van der Waals surface area contributed by atoms with Crippen molar-refractivity contribution in [3.05, 3.63) is 0 Å². The maximum atomic E-state index is 12.4. The molecule has 2 rings (SSSR count). The average molecular weight is 337 g/mol. The van der Waals surface area contributed by atoms with Crippen LogP contribution in [-0.4, -0.2) is 35.8 Å². The van der Waals surface area contributed by atoms with Gasteiger partial charge in [0.15, 0.2) is 0 Å². The summed E-state index contributed by atoms with van der Waals surface area (Å²) in [6, 6.07) is 0.250. The first-order chi connectivity index (χ1) is 11.6. The summed E-state index contributed by atoms with van der Waals surface area (Å²) in [5, 5.41) is 3.19. The Bertz CT molecular complexity index is 392. The molecule has 1 saturated heterocycles. The topological polar surface area (TPSA) is 49.4 Å². The van der Waals surface area contributed by atoms with Gasteiger partial charge in [0.05, 0.1) is 0 Å². The summed E-state index contributed by atoms with van der Waals surface area (Å²) >= 11 is 0. The first kappa shape index (κ1) is 19.3. The first-order valence-electron chi connectivity index (χ1n) is 10.2. The van der Waals surface area contributed by atoms with Crippen LogP contribution in [0.25, 0.3) is 0 Å². The molecular formula is C20H36N2O2. The Hall–Kier alpha value is -1.06. The maximum absolute atomic E-state index is 12.4. The fraction of sp³-hybridized carbons (Fsp3) is 0.900. The molecule has 0 atom stereocenters. The highest BCUT2D eigenvalue weighted by Gasteiger charge is 2.26. The molecular weight excluding hydrogens is 300 g/mol. The number of piperidine rings is 1. The van der Waals surface area contributed by atoms with Gasteiger partial charge in [-0.1, -0.05) is 46.0 Å². The van der Waals surface area contributed by atoms with Crippen LogP contribution >= 0.6 is 0 Å². The number of rotatable bonds is 7. The second-order valence-electron chi connectivity index (χ2n) is 7.72. The van der Waals surface area contributed by atoms with Crippen LogP contribution < -0.4 is 5.32 Å². The Kier molecular flexibility index (Phi) is 8.07. The molecule has 1 N–H and O–H groups in total. The van der Waals surface area contributed by atoms with Gasteiger partial charge < -0.3 is 10.2 Å². The van der Waals surface area contributed by atoms with Crippen molar-refractivity contribution < 1.29 is 9.59 Å². The Morgan fingerprint density at radius 2 is 1.62 bits per heavy atom. The van der Waals surface area contributed by atoms with Crippen molar-refractivity contribution in [2.24, 2.45) is 11.8 Å². The van der Waals surface area contributed by atoms with E-state index in [0.29, 0.717) is 5.91 Å². The van der Waals surface area contributed by atoms with Gasteiger partial charge in [0, 0.05) is 31.5 Å². The zero-order chi connectivity index (χ0) is 17.4. The van der Waals surface area contributed by atoms with Crippen LogP contribution in [0.3, 0.4) is 0 Å². The molecule has 0 bridgehead atoms. The highest BCUT2D eigenvalue weighted by Crippen LogP contribution is 2.27. The second-order valence-corrected chi connectivity index (χ2v) is 7.72. The van der Waals surface area contributed by atoms with Crippen molar-refractivity contribution in [3.63, 3.8) is 0 Å². The molecule has 2 fully saturated rings. The molecule has 1 aliphatic carbocycles. The summed E-state index contributed by atoms with van der Waals surface area (Å²) in [5.41, 5.74) is 0. The van der Waals surface area contributed by atoms with Crippen LogP contribution in [0.4, 0.5) is 0 Å². The van der Waals surface area contributed by atoms with Gasteiger partial charge in [-0.3, -0.25) is 9.59 Å². The third-order valence-corrected chi connectivity index (χ3v) is 6.04. The minimum absolute atomic E-state index is 0.139. The molecule has 1 heterocycles. The summed E-state index contributed by atoms with van der Waals surface area (Å²) in [5.74, 6) is 1.44. The minimum atomic E-state index is 0.139. The van der Waals surface area contributed by atoms with E-state index in [-0.39, 0.29) is 17.9 Å². The lowest BCUT2D eigenvalue weighted by Gasteiger charge is -2.33. The third kappa shape index (κ3) is 5.78. The van der Waals surface area contributed by atoms with E-state index in [4.69, 9.17) is 0 Å². The van der Waals surface area contributed by atoms with Gasteiger partial charge in [-0.05, 0) is 38.0 Å². The van der Waals surface area contributed by atoms with E-state index >= 15 is 0 Å². The summed E-state index contributed by atoms with van der Waals surface area (Å²) in [7, 11) is 0. The number of carbonyl (C=O) groups excluding carboxylic acids is 2. The van der Waals surface area contributed by atoms with Gasteiger partial charge in [0.1, 0.15) is 0 Å². The Morgan fingerprint density at radius 1 is 1.00 bits per heavy atom. The highest BCUT2D eigenvalue weighted by molar-refractivity contribution is 5.79. The van der Waals surface area contributed by atoms with Crippen LogP contribution in [0.1, 0.15) is 84.5 Å². The molecule has 1 saturated carbocycles. The summed E-state index contributed by atoms with van der Waals surface area (Å²) in [6.45, 7) is 5.75. The molecule has 0 aromatic carbocycles. The van der Waals surface area contributed by atoms with Crippen molar-refractivity contribution in [1.29, 1.82) is 0 Å². The molecule has 0 unspecified atom stereocenters. The number of nitrogens with zero attached hydrogens (tertiary/aromatic N) is 1. The van der Waals surface area contributed by atoms with E-state index in [1.54, 1.807) is 0 Å². The van der Waals surface area contributed by atoms with Gasteiger partial charge in [0.25, 0.3) is 0 Å². The number of nitrogens with one attached hydrogen (secondary N) is 1. The average Bonchev–Trinajstić information content (AvgIpc) is 2.62. The molecule has 4 heteroatoms. The van der Waals surface area contributed by atoms with Crippen LogP contribution in [-0.2, 0) is 9.59 Å². The van der Waals surface area contributed by atoms with Gasteiger partial charge in [-0.25, -0.2) is 0 Å². The smallest absolute Gasteiger partial charge is 0.223 e. The Morgan fingerprint density at radius 3 is 2.21 bits per heavy atom. The molecule has 2 amide bonds. The molecule has 0 aromatic heterocycles. The standard InChI is InChI=1S/C20H36N2O2/c1-3-17(4-2)20(24)21-18-12-14-22(15-13-18)19(23)11-10-16-8-6-5-7-9-16/h16-18H,3-15H2,1-2H3,(H,21,24). The van der Waals surface area contributed by atoms with Crippen molar-refractivity contribution in [1.82, 2.24) is 10.2 Å². The van der Waals surface area contributed by atoms with Gasteiger partial charge in [-0.2, -0.15) is 0 Å². The molecule has 4 nitrogen and oxygen atoms in total. The van der Waals surface area contributed by atoms with E-state index in [1.807, 2.05) is 4.90 Å². The zero-order valence-corrected chi connectivity index (χ0v) is 15.7. The lowest BCUT2D eigenvalue weighted by Crippen LogP contribution is -2.47. The fourth-order valence-corrected chi connectivity index (χ4v) is 4.21. The molecule has 1 aliphatic heterocycles. The van der Waals surface area contributed by atoms with Crippen molar-refractivity contribution >= 4 is 11.8 Å². The molecule has 0 spiro atoms. The first-order valence-corrected chi connectivity index (χ1v) is 10.2. The van der Waals surface area contributed by atoms with E-state index < -0.39 is 0 Å². The predicted molar refractivity (Wildman–Crippen MR) is 97.6 cm³/mol. The summed E-state index contributed by atoms with van der Waals surface area (Å²) in [6.07, 6.45) is 12.1. The lowest BCUT2D eigenvalue weighted by atomic mass is 9.86. The number of likely N-dealkylation sites (tertiary alicyclic amines) is 1. The van der Waals surface area contributed by atoms with E-state index in [0.717, 1.165) is 57.5 Å². The Balaban J connectivity index is 1.66. The summed E-state index contributed by atoms with van der Waals surface area (Å²) in [4.78, 5) is 26.6. The monoisotopic (exact) mass is 336 g/mol. The van der Waals surface area contributed by atoms with E-state index in [1.165, 1.54) is 32.1 Å². The number of hydrogen-bond acceptors (Lipinski definition) is 2. The predicted octanol–water partition coefficient (Wildman–Crippen LogP) is 3.89. The molecule has 2 aliphatic rings. The van der Waals surface area contributed by atoms with Crippen molar-refractivity contribution in [2.45, 2.75) is 90.5 Å². The number of carbonyl (C=O) groups is 2. The van der Waals surface area contributed by atoms with E-state index in [9.17, 15) is 9.59 Å². The van der Waals surface area contributed by atoms with Crippen molar-refractivity contribution in [2.75, 3.05) is 13.1 Å². The third-order valence-electron chi connectivity index (χ3n) is 6.04. The van der Waals surface area contributed by atoms with Crippen molar-refractivity contribution in [3.8, 4) is 0 Å². The van der Waals surface area contributed by atoms with Gasteiger partial charge >= 0.3 is 0 Å². The van der Waals surface area contributed by atoms with Crippen LogP contribution in [0, 0.1) is 11.8 Å². The molecule has 0 radical (unpaired) electrons. The SMILES string of the molecule is CCC(CC)C(=O)NC1CCN(C(=O)CCC2CCCCC2)CC1. The number of hydrogen-bond donors (Lipinski definition) is 1. The Labute approximate surface area is 147 Å². The van der Waals surface area contributed by atoms with Crippen LogP contribution in [0.2, 0.25) is 0 Å². The van der Waals surface area contributed by atoms with Crippen LogP contribution in [0.5, 0.6) is 0 Å². The van der Waals surface area contributed by atoms with Crippen LogP contribution in [0.15, 0.2) is 0 Å². The molecule has 138 valence electrons. The van der Waals surface area contributed by atoms with Gasteiger partial charge in [-0.15, -0.1) is 0 Å². The lowest BCUT2D eigenvalue weighted by molar-refractivity contribution is -0.132. The second kappa shape index (κ2) is 10.0. The quantitative estimate of drug-likeness (QED) is 0.767. The maximum Gasteiger partial charge on any atom is 0.223 e.